The van der Waals surface area contributed by atoms with Gasteiger partial charge in [-0.3, -0.25) is 9.59 Å². The maximum Gasteiger partial charge on any atom is 0.359 e. The molecular weight excluding hydrogens is 380 g/mol. The fourth-order valence-electron chi connectivity index (χ4n) is 3.19. The molecule has 6 heteroatoms. The number of Topliss-reactive ketones (excluding diaryl/α,β-unsaturated/α-hetero) is 1. The van der Waals surface area contributed by atoms with Gasteiger partial charge in [-0.15, -0.1) is 0 Å². The monoisotopic (exact) mass is 406 g/mol. The Morgan fingerprint density at radius 2 is 1.60 bits per heavy atom. The lowest BCUT2D eigenvalue weighted by molar-refractivity contribution is 0.0468. The Labute approximate surface area is 175 Å². The second-order valence-electron chi connectivity index (χ2n) is 8.05. The summed E-state index contributed by atoms with van der Waals surface area (Å²) in [5.41, 5.74) is 1.40. The fraction of sp³-hybridized carbons (Fsp3) is 0.333. The van der Waals surface area contributed by atoms with Crippen LogP contribution in [-0.2, 0) is 11.3 Å². The van der Waals surface area contributed by atoms with Gasteiger partial charge in [0.15, 0.2) is 18.1 Å². The Morgan fingerprint density at radius 3 is 2.20 bits per heavy atom. The SMILES string of the molecule is CC(C)Cn1nc(C(=O)OCC(=O)c2ccc(C(C)C)cc2)c2ccccc2c1=O. The van der Waals surface area contributed by atoms with Gasteiger partial charge in [-0.25, -0.2) is 9.48 Å². The number of carbonyl (C=O) groups is 2. The minimum atomic E-state index is -0.726. The molecule has 0 radical (unpaired) electrons. The van der Waals surface area contributed by atoms with Gasteiger partial charge in [0.2, 0.25) is 0 Å². The standard InChI is InChI=1S/C24H26N2O4/c1-15(2)13-26-23(28)20-8-6-5-7-19(20)22(25-26)24(29)30-14-21(27)18-11-9-17(10-12-18)16(3)4/h5-12,15-16H,13-14H2,1-4H3. The number of benzene rings is 2. The zero-order valence-electron chi connectivity index (χ0n) is 17.7. The number of rotatable bonds is 7. The molecule has 3 rings (SSSR count). The number of carbonyl (C=O) groups excluding carboxylic acids is 2. The summed E-state index contributed by atoms with van der Waals surface area (Å²) < 4.78 is 6.55. The molecule has 0 amide bonds. The van der Waals surface area contributed by atoms with E-state index in [1.165, 1.54) is 4.68 Å². The molecule has 0 saturated carbocycles. The van der Waals surface area contributed by atoms with Gasteiger partial charge in [-0.1, -0.05) is 70.2 Å². The zero-order valence-corrected chi connectivity index (χ0v) is 17.7. The van der Waals surface area contributed by atoms with Crippen molar-refractivity contribution in [3.63, 3.8) is 0 Å². The van der Waals surface area contributed by atoms with Crippen LogP contribution in [0, 0.1) is 5.92 Å². The largest absolute Gasteiger partial charge is 0.452 e. The van der Waals surface area contributed by atoms with Crippen molar-refractivity contribution in [2.24, 2.45) is 5.92 Å². The van der Waals surface area contributed by atoms with Gasteiger partial charge in [0.25, 0.3) is 5.56 Å². The van der Waals surface area contributed by atoms with Crippen LogP contribution in [0.5, 0.6) is 0 Å². The van der Waals surface area contributed by atoms with Crippen molar-refractivity contribution < 1.29 is 14.3 Å². The van der Waals surface area contributed by atoms with Crippen molar-refractivity contribution in [2.75, 3.05) is 6.61 Å². The van der Waals surface area contributed by atoms with E-state index in [1.807, 2.05) is 26.0 Å². The van der Waals surface area contributed by atoms with E-state index >= 15 is 0 Å². The summed E-state index contributed by atoms with van der Waals surface area (Å²) in [5, 5.41) is 5.06. The van der Waals surface area contributed by atoms with Crippen LogP contribution in [0.4, 0.5) is 0 Å². The van der Waals surface area contributed by atoms with Crippen LogP contribution in [0.15, 0.2) is 53.3 Å². The molecule has 1 aromatic heterocycles. The molecule has 156 valence electrons. The number of ketones is 1. The average molecular weight is 406 g/mol. The zero-order chi connectivity index (χ0) is 21.8. The topological polar surface area (TPSA) is 78.3 Å². The second kappa shape index (κ2) is 9.03. The van der Waals surface area contributed by atoms with Crippen LogP contribution in [0.2, 0.25) is 0 Å². The minimum absolute atomic E-state index is 0.0359. The van der Waals surface area contributed by atoms with Gasteiger partial charge in [-0.2, -0.15) is 5.10 Å². The first-order valence-corrected chi connectivity index (χ1v) is 10.1. The van der Waals surface area contributed by atoms with E-state index in [1.54, 1.807) is 36.4 Å². The molecule has 6 nitrogen and oxygen atoms in total. The predicted molar refractivity (Wildman–Crippen MR) is 116 cm³/mol. The Balaban J connectivity index is 1.83. The van der Waals surface area contributed by atoms with Gasteiger partial charge in [0.1, 0.15) is 0 Å². The van der Waals surface area contributed by atoms with Crippen molar-refractivity contribution in [2.45, 2.75) is 40.2 Å². The van der Waals surface area contributed by atoms with Crippen LogP contribution >= 0.6 is 0 Å². The van der Waals surface area contributed by atoms with E-state index in [9.17, 15) is 14.4 Å². The quantitative estimate of drug-likeness (QED) is 0.434. The number of esters is 1. The highest BCUT2D eigenvalue weighted by atomic mass is 16.5. The van der Waals surface area contributed by atoms with Crippen LogP contribution < -0.4 is 5.56 Å². The molecule has 0 atom stereocenters. The molecule has 0 bridgehead atoms. The molecule has 30 heavy (non-hydrogen) atoms. The van der Waals surface area contributed by atoms with E-state index in [-0.39, 0.29) is 29.6 Å². The molecule has 0 N–H and O–H groups in total. The van der Waals surface area contributed by atoms with Crippen LogP contribution in [0.25, 0.3) is 10.8 Å². The van der Waals surface area contributed by atoms with Crippen molar-refractivity contribution in [3.05, 3.63) is 75.7 Å². The molecule has 0 saturated heterocycles. The summed E-state index contributed by atoms with van der Waals surface area (Å²) >= 11 is 0. The van der Waals surface area contributed by atoms with Crippen molar-refractivity contribution in [1.29, 1.82) is 0 Å². The average Bonchev–Trinajstić information content (AvgIpc) is 2.73. The summed E-state index contributed by atoms with van der Waals surface area (Å²) in [6.07, 6.45) is 0. The Kier molecular flexibility index (Phi) is 6.45. The van der Waals surface area contributed by atoms with Crippen LogP contribution in [0.1, 0.15) is 60.0 Å². The Morgan fingerprint density at radius 1 is 0.967 bits per heavy atom. The summed E-state index contributed by atoms with van der Waals surface area (Å²) in [4.78, 5) is 37.8. The van der Waals surface area contributed by atoms with E-state index in [0.717, 1.165) is 5.56 Å². The van der Waals surface area contributed by atoms with E-state index in [0.29, 0.717) is 28.8 Å². The van der Waals surface area contributed by atoms with Crippen molar-refractivity contribution in [3.8, 4) is 0 Å². The molecule has 0 aliphatic carbocycles. The van der Waals surface area contributed by atoms with Crippen LogP contribution in [-0.4, -0.2) is 28.1 Å². The number of ether oxygens (including phenoxy) is 1. The maximum atomic E-state index is 12.7. The molecule has 3 aromatic rings. The van der Waals surface area contributed by atoms with Crippen LogP contribution in [0.3, 0.4) is 0 Å². The molecular formula is C24H26N2O4. The third-order valence-corrected chi connectivity index (χ3v) is 4.83. The summed E-state index contributed by atoms with van der Waals surface area (Å²) in [5.74, 6) is -0.474. The number of hydrogen-bond donors (Lipinski definition) is 0. The molecule has 0 spiro atoms. The first-order chi connectivity index (χ1) is 14.3. The van der Waals surface area contributed by atoms with Crippen molar-refractivity contribution >= 4 is 22.5 Å². The number of aromatic nitrogens is 2. The van der Waals surface area contributed by atoms with Crippen molar-refractivity contribution in [1.82, 2.24) is 9.78 Å². The Hall–Kier alpha value is -3.28. The van der Waals surface area contributed by atoms with Gasteiger partial charge < -0.3 is 4.74 Å². The molecule has 2 aromatic carbocycles. The van der Waals surface area contributed by atoms with E-state index < -0.39 is 5.97 Å². The first-order valence-electron chi connectivity index (χ1n) is 10.1. The smallest absolute Gasteiger partial charge is 0.359 e. The highest BCUT2D eigenvalue weighted by molar-refractivity contribution is 6.04. The molecule has 1 heterocycles. The highest BCUT2D eigenvalue weighted by Crippen LogP contribution is 2.17. The second-order valence-corrected chi connectivity index (χ2v) is 8.05. The molecule has 0 aliphatic rings. The molecule has 0 aliphatic heterocycles. The third kappa shape index (κ3) is 4.64. The number of hydrogen-bond acceptors (Lipinski definition) is 5. The van der Waals surface area contributed by atoms with E-state index in [2.05, 4.69) is 18.9 Å². The first kappa shape index (κ1) is 21.4. The Bertz CT molecular complexity index is 1130. The van der Waals surface area contributed by atoms with E-state index in [4.69, 9.17) is 4.74 Å². The maximum absolute atomic E-state index is 12.7. The van der Waals surface area contributed by atoms with Gasteiger partial charge in [0.05, 0.1) is 5.39 Å². The normalized spacial score (nSPS) is 11.3. The summed E-state index contributed by atoms with van der Waals surface area (Å²) in [7, 11) is 0. The lowest BCUT2D eigenvalue weighted by Gasteiger charge is -2.12. The predicted octanol–water partition coefficient (Wildman–Crippen LogP) is 4.22. The lowest BCUT2D eigenvalue weighted by Crippen LogP contribution is -2.28. The number of fused-ring (bicyclic) bond motifs is 1. The third-order valence-electron chi connectivity index (χ3n) is 4.83. The summed E-state index contributed by atoms with van der Waals surface area (Å²) in [6.45, 7) is 8.07. The summed E-state index contributed by atoms with van der Waals surface area (Å²) in [6, 6.07) is 14.1. The van der Waals surface area contributed by atoms with Gasteiger partial charge in [0, 0.05) is 17.5 Å². The fourth-order valence-corrected chi connectivity index (χ4v) is 3.19. The lowest BCUT2D eigenvalue weighted by atomic mass is 10.0. The highest BCUT2D eigenvalue weighted by Gasteiger charge is 2.19. The minimum Gasteiger partial charge on any atom is -0.452 e. The molecule has 0 unspecified atom stereocenters. The molecule has 0 fully saturated rings. The van der Waals surface area contributed by atoms with Gasteiger partial charge >= 0.3 is 5.97 Å². The number of nitrogens with zero attached hydrogens (tertiary/aromatic N) is 2. The van der Waals surface area contributed by atoms with Gasteiger partial charge in [-0.05, 0) is 23.5 Å².